The molecule has 0 spiro atoms. The van der Waals surface area contributed by atoms with Crippen molar-refractivity contribution >= 4 is 112 Å². The SMILES string of the molecule is C.O=P(O)(O)O.O=P(O)(O)O.O=P(O)(O)O.[NaH].[NaH].[NaH]. The molecule has 0 radical (unpaired) electrons. The summed E-state index contributed by atoms with van der Waals surface area (Å²) >= 11 is 0. The fourth-order valence-corrected chi connectivity index (χ4v) is 0. The van der Waals surface area contributed by atoms with Crippen LogP contribution in [0.5, 0.6) is 0 Å². The van der Waals surface area contributed by atoms with Crippen molar-refractivity contribution in [3.05, 3.63) is 0 Å². The first kappa shape index (κ1) is 43.2. The molecule has 0 unspecified atom stereocenters. The van der Waals surface area contributed by atoms with Gasteiger partial charge in [-0.15, -0.1) is 0 Å². The number of phosphoric acid groups is 3. The van der Waals surface area contributed by atoms with Crippen molar-refractivity contribution in [1.29, 1.82) is 0 Å². The summed E-state index contributed by atoms with van der Waals surface area (Å²) in [5.41, 5.74) is 0. The molecule has 18 heteroatoms. The van der Waals surface area contributed by atoms with E-state index in [1.807, 2.05) is 0 Å². The van der Waals surface area contributed by atoms with Crippen LogP contribution >= 0.6 is 23.5 Å². The van der Waals surface area contributed by atoms with Crippen LogP contribution in [0.1, 0.15) is 7.43 Å². The second-order valence-corrected chi connectivity index (χ2v) is 4.62. The Morgan fingerprint density at radius 1 is 0.421 bits per heavy atom. The Morgan fingerprint density at radius 3 is 0.421 bits per heavy atom. The summed E-state index contributed by atoms with van der Waals surface area (Å²) in [6.07, 6.45) is 0. The van der Waals surface area contributed by atoms with Crippen LogP contribution in [0.15, 0.2) is 0 Å². The molecule has 0 saturated heterocycles. The van der Waals surface area contributed by atoms with Crippen LogP contribution in [-0.2, 0) is 13.7 Å². The Hall–Kier alpha value is 3.33. The van der Waals surface area contributed by atoms with E-state index in [1.165, 1.54) is 0 Å². The molecule has 0 aromatic heterocycles. The molecule has 110 valence electrons. The van der Waals surface area contributed by atoms with E-state index in [9.17, 15) is 0 Å². The van der Waals surface area contributed by atoms with Gasteiger partial charge in [-0.2, -0.15) is 0 Å². The Kier molecular flexibility index (Phi) is 44.1. The van der Waals surface area contributed by atoms with Crippen molar-refractivity contribution in [3.63, 3.8) is 0 Å². The number of hydrogen-bond donors (Lipinski definition) is 9. The monoisotopic (exact) mass is 382 g/mol. The molecule has 0 saturated carbocycles. The summed E-state index contributed by atoms with van der Waals surface area (Å²) in [4.78, 5) is 64.7. The third-order valence-corrected chi connectivity index (χ3v) is 0. The first-order chi connectivity index (χ1) is 6.00. The fourth-order valence-electron chi connectivity index (χ4n) is 0. The van der Waals surface area contributed by atoms with Crippen molar-refractivity contribution in [2.75, 3.05) is 0 Å². The van der Waals surface area contributed by atoms with Crippen molar-refractivity contribution in [3.8, 4) is 0 Å². The summed E-state index contributed by atoms with van der Waals surface area (Å²) in [5.74, 6) is 0. The zero-order chi connectivity index (χ0) is 13.5. The molecule has 0 atom stereocenters. The minimum absolute atomic E-state index is 0. The molecule has 0 amide bonds. The van der Waals surface area contributed by atoms with Crippen molar-refractivity contribution in [1.82, 2.24) is 0 Å². The Balaban J connectivity index is -0.0000000206. The summed E-state index contributed by atoms with van der Waals surface area (Å²) in [6, 6.07) is 0. The summed E-state index contributed by atoms with van der Waals surface area (Å²) in [6.45, 7) is 0. The fraction of sp³-hybridized carbons (Fsp3) is 1.00. The van der Waals surface area contributed by atoms with Gasteiger partial charge in [0, 0.05) is 0 Å². The van der Waals surface area contributed by atoms with Crippen LogP contribution in [0.25, 0.3) is 0 Å². The van der Waals surface area contributed by atoms with E-state index in [0.717, 1.165) is 0 Å². The van der Waals surface area contributed by atoms with E-state index in [1.54, 1.807) is 0 Å². The molecule has 0 heterocycles. The van der Waals surface area contributed by atoms with Crippen LogP contribution in [0.4, 0.5) is 0 Å². The van der Waals surface area contributed by atoms with Crippen molar-refractivity contribution in [2.45, 2.75) is 7.43 Å². The quantitative estimate of drug-likeness (QED) is 0.144. The van der Waals surface area contributed by atoms with Gasteiger partial charge in [0.15, 0.2) is 0 Å². The van der Waals surface area contributed by atoms with E-state index in [2.05, 4.69) is 0 Å². The first-order valence-corrected chi connectivity index (χ1v) is 7.04. The molecule has 0 aliphatic rings. The average Bonchev–Trinajstić information content (AvgIpc) is 1.41. The molecule has 19 heavy (non-hydrogen) atoms. The number of rotatable bonds is 0. The van der Waals surface area contributed by atoms with Crippen LogP contribution < -0.4 is 0 Å². The molecule has 0 aliphatic carbocycles. The van der Waals surface area contributed by atoms with Gasteiger partial charge in [0.25, 0.3) is 0 Å². The molecule has 0 rings (SSSR count). The van der Waals surface area contributed by atoms with Gasteiger partial charge in [0.1, 0.15) is 0 Å². The number of hydrogen-bond acceptors (Lipinski definition) is 3. The third-order valence-electron chi connectivity index (χ3n) is 0. The van der Waals surface area contributed by atoms with Crippen LogP contribution in [-0.4, -0.2) is 133 Å². The van der Waals surface area contributed by atoms with E-state index in [-0.39, 0.29) is 96.1 Å². The van der Waals surface area contributed by atoms with Gasteiger partial charge in [-0.05, 0) is 0 Å². The molecule has 0 aliphatic heterocycles. The van der Waals surface area contributed by atoms with Gasteiger partial charge in [0.05, 0.1) is 0 Å². The molecule has 0 bridgehead atoms. The predicted molar refractivity (Wildman–Crippen MR) is 71.0 cm³/mol. The van der Waals surface area contributed by atoms with Crippen molar-refractivity contribution in [2.24, 2.45) is 0 Å². The maximum atomic E-state index is 8.88. The van der Waals surface area contributed by atoms with Gasteiger partial charge in [0.2, 0.25) is 0 Å². The second kappa shape index (κ2) is 19.4. The van der Waals surface area contributed by atoms with Gasteiger partial charge in [-0.25, -0.2) is 13.7 Å². The van der Waals surface area contributed by atoms with E-state index < -0.39 is 23.5 Å². The summed E-state index contributed by atoms with van der Waals surface area (Å²) < 4.78 is 26.6. The molecular formula is CH16Na3O12P3. The molecular weight excluding hydrogens is 366 g/mol. The van der Waals surface area contributed by atoms with Gasteiger partial charge in [-0.1, -0.05) is 7.43 Å². The maximum absolute atomic E-state index is 8.88. The van der Waals surface area contributed by atoms with Crippen LogP contribution in [0.3, 0.4) is 0 Å². The van der Waals surface area contributed by atoms with Crippen LogP contribution in [0, 0.1) is 0 Å². The topological polar surface area (TPSA) is 233 Å². The standard InChI is InChI=1S/CH4.3Na.3H3O4P.3H/c;;;;3*1-5(2,3)4;;;/h1H4;;;;3*(H3,1,2,3,4);;;. The Labute approximate surface area is 175 Å². The molecule has 0 aromatic carbocycles. The Morgan fingerprint density at radius 2 is 0.421 bits per heavy atom. The average molecular weight is 382 g/mol. The molecule has 9 N–H and O–H groups in total. The normalized spacial score (nSPS) is 9.32. The Bertz CT molecular complexity index is 214. The molecule has 12 nitrogen and oxygen atoms in total. The van der Waals surface area contributed by atoms with Crippen molar-refractivity contribution < 1.29 is 57.7 Å². The molecule has 0 fully saturated rings. The van der Waals surface area contributed by atoms with Crippen LogP contribution in [0.2, 0.25) is 0 Å². The zero-order valence-electron chi connectivity index (χ0n) is 6.59. The van der Waals surface area contributed by atoms with Gasteiger partial charge < -0.3 is 44.0 Å². The summed E-state index contributed by atoms with van der Waals surface area (Å²) in [5, 5.41) is 0. The van der Waals surface area contributed by atoms with Gasteiger partial charge >= 0.3 is 112 Å². The zero-order valence-corrected chi connectivity index (χ0v) is 9.27. The first-order valence-electron chi connectivity index (χ1n) is 2.35. The van der Waals surface area contributed by atoms with E-state index in [4.69, 9.17) is 57.7 Å². The van der Waals surface area contributed by atoms with E-state index in [0.29, 0.717) is 0 Å². The third kappa shape index (κ3) is 719. The minimum atomic E-state index is -4.64. The predicted octanol–water partition coefficient (Wildman–Crippen LogP) is -4.10. The summed E-state index contributed by atoms with van der Waals surface area (Å²) in [7, 11) is -13.9. The van der Waals surface area contributed by atoms with E-state index >= 15 is 0 Å². The second-order valence-electron chi connectivity index (χ2n) is 1.54. The van der Waals surface area contributed by atoms with Gasteiger partial charge in [-0.3, -0.25) is 0 Å². The molecule has 0 aromatic rings.